The quantitative estimate of drug-likeness (QED) is 0.575. The first-order valence-corrected chi connectivity index (χ1v) is 12.0. The van der Waals surface area contributed by atoms with E-state index in [1.165, 1.54) is 5.56 Å². The average Bonchev–Trinajstić information content (AvgIpc) is 3.32. The molecular weight excluding hydrogens is 414 g/mol. The van der Waals surface area contributed by atoms with Gasteiger partial charge in [0.1, 0.15) is 6.04 Å². The first kappa shape index (κ1) is 24.5. The van der Waals surface area contributed by atoms with Gasteiger partial charge in [-0.1, -0.05) is 38.8 Å². The minimum absolute atomic E-state index is 0.125. The summed E-state index contributed by atoms with van der Waals surface area (Å²) >= 11 is 0. The molecule has 33 heavy (non-hydrogen) atoms. The maximum absolute atomic E-state index is 12.9. The number of nitrogens with zero attached hydrogens (tertiary/aromatic N) is 3. The lowest BCUT2D eigenvalue weighted by atomic mass is 9.83. The number of hydrogen-bond donors (Lipinski definition) is 2. The first-order valence-electron chi connectivity index (χ1n) is 12.0. The van der Waals surface area contributed by atoms with Crippen molar-refractivity contribution >= 4 is 11.8 Å². The Labute approximate surface area is 196 Å². The van der Waals surface area contributed by atoms with Crippen molar-refractivity contribution in [2.45, 2.75) is 77.4 Å². The summed E-state index contributed by atoms with van der Waals surface area (Å²) in [6, 6.07) is 9.20. The Hall–Kier alpha value is -3.14. The Morgan fingerprint density at radius 3 is 2.64 bits per heavy atom. The minimum Gasteiger partial charge on any atom is -0.349 e. The predicted molar refractivity (Wildman–Crippen MR) is 127 cm³/mol. The monoisotopic (exact) mass is 449 g/mol. The van der Waals surface area contributed by atoms with Gasteiger partial charge in [0.15, 0.2) is 0 Å². The lowest BCUT2D eigenvalue weighted by Crippen LogP contribution is -2.50. The highest BCUT2D eigenvalue weighted by Gasteiger charge is 2.33. The molecule has 0 bridgehead atoms. The molecule has 2 N–H and O–H groups in total. The molecule has 7 heteroatoms. The number of imidazole rings is 1. The largest absolute Gasteiger partial charge is 0.349 e. The van der Waals surface area contributed by atoms with E-state index in [-0.39, 0.29) is 23.8 Å². The molecule has 1 aliphatic rings. The second kappa shape index (κ2) is 12.2. The summed E-state index contributed by atoms with van der Waals surface area (Å²) < 4.78 is 2.06. The number of hydrogen-bond acceptors (Lipinski definition) is 4. The Bertz CT molecular complexity index is 931. The molecule has 7 nitrogen and oxygen atoms in total. The lowest BCUT2D eigenvalue weighted by molar-refractivity contribution is -0.127. The van der Waals surface area contributed by atoms with Gasteiger partial charge >= 0.3 is 0 Å². The molecular formula is C26H35N5O2. The number of benzene rings is 1. The average molecular weight is 450 g/mol. The summed E-state index contributed by atoms with van der Waals surface area (Å²) in [6.45, 7) is 4.98. The topological polar surface area (TPSA) is 99.8 Å². The predicted octanol–water partition coefficient (Wildman–Crippen LogP) is 3.86. The van der Waals surface area contributed by atoms with Crippen LogP contribution in [0.1, 0.15) is 68.3 Å². The van der Waals surface area contributed by atoms with Crippen LogP contribution < -0.4 is 10.6 Å². The van der Waals surface area contributed by atoms with Crippen molar-refractivity contribution in [2.24, 2.45) is 11.8 Å². The van der Waals surface area contributed by atoms with Gasteiger partial charge in [-0.2, -0.15) is 5.26 Å². The van der Waals surface area contributed by atoms with Gasteiger partial charge in [0.25, 0.3) is 5.91 Å². The second-order valence-electron chi connectivity index (χ2n) is 9.39. The van der Waals surface area contributed by atoms with Gasteiger partial charge in [-0.15, -0.1) is 0 Å². The van der Waals surface area contributed by atoms with Crippen molar-refractivity contribution in [3.05, 3.63) is 54.1 Å². The number of carbonyl (C=O) groups excluding carboxylic acids is 2. The molecule has 3 atom stereocenters. The maximum Gasteiger partial charge on any atom is 0.251 e. The van der Waals surface area contributed by atoms with E-state index >= 15 is 0 Å². The summed E-state index contributed by atoms with van der Waals surface area (Å²) in [6.07, 6.45) is 11.6. The molecule has 0 radical (unpaired) electrons. The van der Waals surface area contributed by atoms with Gasteiger partial charge < -0.3 is 15.2 Å². The van der Waals surface area contributed by atoms with Crippen molar-refractivity contribution in [2.75, 3.05) is 0 Å². The fourth-order valence-electron chi connectivity index (χ4n) is 4.47. The van der Waals surface area contributed by atoms with E-state index in [9.17, 15) is 14.9 Å². The normalized spacial score (nSPS) is 19.0. The fourth-order valence-corrected chi connectivity index (χ4v) is 4.47. The third-order valence-corrected chi connectivity index (χ3v) is 6.26. The molecule has 1 fully saturated rings. The van der Waals surface area contributed by atoms with Gasteiger partial charge in [-0.3, -0.25) is 9.59 Å². The van der Waals surface area contributed by atoms with Gasteiger partial charge in [0.2, 0.25) is 5.91 Å². The molecule has 0 spiro atoms. The summed E-state index contributed by atoms with van der Waals surface area (Å²) in [5.41, 5.74) is 1.79. The van der Waals surface area contributed by atoms with Gasteiger partial charge in [0.05, 0.1) is 18.3 Å². The summed E-state index contributed by atoms with van der Waals surface area (Å²) in [5.74, 6) is -0.247. The van der Waals surface area contributed by atoms with E-state index in [1.54, 1.807) is 6.20 Å². The molecule has 1 aliphatic carbocycles. The van der Waals surface area contributed by atoms with Crippen LogP contribution in [-0.2, 0) is 17.8 Å². The number of carbonyl (C=O) groups is 2. The highest BCUT2D eigenvalue weighted by molar-refractivity contribution is 5.95. The zero-order valence-corrected chi connectivity index (χ0v) is 19.7. The van der Waals surface area contributed by atoms with Gasteiger partial charge in [-0.05, 0) is 55.7 Å². The molecule has 1 aromatic heterocycles. The number of nitrogens with one attached hydrogen (secondary N) is 2. The van der Waals surface area contributed by atoms with E-state index in [1.807, 2.05) is 50.6 Å². The maximum atomic E-state index is 12.9. The van der Waals surface area contributed by atoms with Crippen LogP contribution in [0.5, 0.6) is 0 Å². The third-order valence-electron chi connectivity index (χ3n) is 6.26. The van der Waals surface area contributed by atoms with Crippen LogP contribution in [0.3, 0.4) is 0 Å². The van der Waals surface area contributed by atoms with E-state index in [4.69, 9.17) is 0 Å². The van der Waals surface area contributed by atoms with Crippen molar-refractivity contribution in [3.63, 3.8) is 0 Å². The van der Waals surface area contributed by atoms with E-state index < -0.39 is 6.04 Å². The smallest absolute Gasteiger partial charge is 0.251 e. The number of rotatable bonds is 10. The second-order valence-corrected chi connectivity index (χ2v) is 9.39. The molecule has 1 aromatic carbocycles. The van der Waals surface area contributed by atoms with Crippen LogP contribution in [0, 0.1) is 23.2 Å². The van der Waals surface area contributed by atoms with Crippen LogP contribution in [0.15, 0.2) is 43.0 Å². The van der Waals surface area contributed by atoms with Crippen LogP contribution in [0.2, 0.25) is 0 Å². The molecule has 0 saturated heterocycles. The fraction of sp³-hybridized carbons (Fsp3) is 0.538. The van der Waals surface area contributed by atoms with Crippen molar-refractivity contribution in [3.8, 4) is 6.07 Å². The molecule has 176 valence electrons. The molecule has 3 rings (SSSR count). The summed E-state index contributed by atoms with van der Waals surface area (Å²) in [5, 5.41) is 15.3. The molecule has 0 aliphatic heterocycles. The molecule has 1 saturated carbocycles. The third kappa shape index (κ3) is 7.45. The Kier molecular flexibility index (Phi) is 9.05. The van der Waals surface area contributed by atoms with Crippen LogP contribution in [0.25, 0.3) is 0 Å². The van der Waals surface area contributed by atoms with Crippen LogP contribution >= 0.6 is 0 Å². The molecule has 1 heterocycles. The number of aryl methyl sites for hydroxylation is 2. The SMILES string of the molecule is CC(C)C[C@@H](C#N)NC(=O)[C@@H]1CCCCC1NC(=O)c1ccc(CCCn2ccnc2)cc1. The van der Waals surface area contributed by atoms with Crippen molar-refractivity contribution in [1.29, 1.82) is 5.26 Å². The highest BCUT2D eigenvalue weighted by atomic mass is 16.2. The zero-order valence-electron chi connectivity index (χ0n) is 19.7. The highest BCUT2D eigenvalue weighted by Crippen LogP contribution is 2.25. The van der Waals surface area contributed by atoms with Crippen molar-refractivity contribution in [1.82, 2.24) is 20.2 Å². The first-order chi connectivity index (χ1) is 16.0. The summed E-state index contributed by atoms with van der Waals surface area (Å²) in [7, 11) is 0. The summed E-state index contributed by atoms with van der Waals surface area (Å²) in [4.78, 5) is 29.8. The molecule has 2 amide bonds. The zero-order chi connectivity index (χ0) is 23.6. The van der Waals surface area contributed by atoms with Crippen LogP contribution in [0.4, 0.5) is 0 Å². The number of nitriles is 1. The Morgan fingerprint density at radius 1 is 1.21 bits per heavy atom. The van der Waals surface area contributed by atoms with Crippen LogP contribution in [-0.4, -0.2) is 33.4 Å². The number of aromatic nitrogens is 2. The Balaban J connectivity index is 1.53. The minimum atomic E-state index is -0.489. The standard InChI is InChI=1S/C26H35N5O2/c1-19(2)16-22(17-27)29-26(33)23-7-3-4-8-24(23)30-25(32)21-11-9-20(10-12-21)6-5-14-31-15-13-28-18-31/h9-13,15,18-19,22-24H,3-8,14,16H2,1-2H3,(H,29,33)(H,30,32)/t22-,23+,24?/m0/s1. The lowest BCUT2D eigenvalue weighted by Gasteiger charge is -2.32. The van der Waals surface area contributed by atoms with E-state index in [0.29, 0.717) is 17.9 Å². The Morgan fingerprint density at radius 2 is 1.97 bits per heavy atom. The van der Waals surface area contributed by atoms with Gasteiger partial charge in [0, 0.05) is 30.5 Å². The number of amides is 2. The van der Waals surface area contributed by atoms with Gasteiger partial charge in [-0.25, -0.2) is 4.98 Å². The van der Waals surface area contributed by atoms with E-state index in [0.717, 1.165) is 45.1 Å². The molecule has 2 aromatic rings. The van der Waals surface area contributed by atoms with E-state index in [2.05, 4.69) is 26.3 Å². The molecule has 1 unspecified atom stereocenters. The van der Waals surface area contributed by atoms with Crippen molar-refractivity contribution < 1.29 is 9.59 Å².